The van der Waals surface area contributed by atoms with Crippen molar-refractivity contribution in [2.24, 2.45) is 0 Å². The fourth-order valence-corrected chi connectivity index (χ4v) is 3.13. The van der Waals surface area contributed by atoms with E-state index in [1.165, 1.54) is 33.4 Å². The number of rotatable bonds is 3. The fraction of sp³-hybridized carbons (Fsp3) is 0.333. The van der Waals surface area contributed by atoms with Crippen LogP contribution in [0.25, 0.3) is 0 Å². The minimum Gasteiger partial charge on any atom is -0.372 e. The Labute approximate surface area is 120 Å². The maximum atomic E-state index is 5.52. The third kappa shape index (κ3) is 2.26. The number of aryl methyl sites for hydroxylation is 2. The van der Waals surface area contributed by atoms with Gasteiger partial charge in [0, 0.05) is 0 Å². The van der Waals surface area contributed by atoms with Crippen molar-refractivity contribution in [1.29, 1.82) is 0 Å². The summed E-state index contributed by atoms with van der Waals surface area (Å²) >= 11 is 0. The molecule has 20 heavy (non-hydrogen) atoms. The second-order valence-electron chi connectivity index (χ2n) is 5.55. The predicted molar refractivity (Wildman–Crippen MR) is 81.8 cm³/mol. The first kappa shape index (κ1) is 13.3. The second-order valence-corrected chi connectivity index (χ2v) is 5.55. The number of hydrogen-bond donors (Lipinski definition) is 1. The van der Waals surface area contributed by atoms with Gasteiger partial charge in [-0.1, -0.05) is 36.4 Å². The fourth-order valence-electron chi connectivity index (χ4n) is 3.13. The van der Waals surface area contributed by atoms with E-state index >= 15 is 0 Å². The topological polar surface area (TPSA) is 21.3 Å². The first-order valence-electron chi connectivity index (χ1n) is 7.13. The summed E-state index contributed by atoms with van der Waals surface area (Å²) in [5.74, 6) is 0. The number of benzene rings is 2. The van der Waals surface area contributed by atoms with Gasteiger partial charge in [0.15, 0.2) is 0 Å². The van der Waals surface area contributed by atoms with Crippen LogP contribution in [0.15, 0.2) is 36.4 Å². The standard InChI is InChI=1S/C18H21NO/c1-12-5-4-6-13(2)17(12)18(19-3)14-7-8-15-10-20-11-16(15)9-14/h4-9,18-19H,10-11H2,1-3H3. The van der Waals surface area contributed by atoms with Crippen LogP contribution in [0.2, 0.25) is 0 Å². The van der Waals surface area contributed by atoms with E-state index in [9.17, 15) is 0 Å². The van der Waals surface area contributed by atoms with Gasteiger partial charge in [0.2, 0.25) is 0 Å². The van der Waals surface area contributed by atoms with Crippen molar-refractivity contribution in [3.05, 3.63) is 69.8 Å². The molecule has 1 heterocycles. The maximum absolute atomic E-state index is 5.52. The van der Waals surface area contributed by atoms with Crippen molar-refractivity contribution in [3.63, 3.8) is 0 Å². The summed E-state index contributed by atoms with van der Waals surface area (Å²) in [6.45, 7) is 5.86. The van der Waals surface area contributed by atoms with E-state index in [-0.39, 0.29) is 6.04 Å². The Bertz CT molecular complexity index is 613. The number of nitrogens with one attached hydrogen (secondary N) is 1. The lowest BCUT2D eigenvalue weighted by atomic mass is 9.90. The number of fused-ring (bicyclic) bond motifs is 1. The highest BCUT2D eigenvalue weighted by atomic mass is 16.5. The molecule has 1 N–H and O–H groups in total. The van der Waals surface area contributed by atoms with E-state index in [1.807, 2.05) is 7.05 Å². The summed E-state index contributed by atoms with van der Waals surface area (Å²) in [4.78, 5) is 0. The average molecular weight is 267 g/mol. The van der Waals surface area contributed by atoms with Crippen LogP contribution < -0.4 is 5.32 Å². The molecule has 0 amide bonds. The third-order valence-corrected chi connectivity index (χ3v) is 4.20. The van der Waals surface area contributed by atoms with E-state index in [0.717, 1.165) is 13.2 Å². The molecular weight excluding hydrogens is 246 g/mol. The molecule has 0 radical (unpaired) electrons. The Hall–Kier alpha value is -1.64. The van der Waals surface area contributed by atoms with E-state index in [1.54, 1.807) is 0 Å². The summed E-state index contributed by atoms with van der Waals surface area (Å²) in [7, 11) is 2.03. The summed E-state index contributed by atoms with van der Waals surface area (Å²) in [6, 6.07) is 13.4. The Balaban J connectivity index is 2.06. The van der Waals surface area contributed by atoms with Crippen LogP contribution in [0.3, 0.4) is 0 Å². The van der Waals surface area contributed by atoms with E-state index in [2.05, 4.69) is 55.6 Å². The van der Waals surface area contributed by atoms with Gasteiger partial charge in [0.05, 0.1) is 19.3 Å². The van der Waals surface area contributed by atoms with E-state index < -0.39 is 0 Å². The zero-order chi connectivity index (χ0) is 14.1. The zero-order valence-electron chi connectivity index (χ0n) is 12.4. The molecule has 0 aliphatic carbocycles. The molecule has 3 rings (SSSR count). The van der Waals surface area contributed by atoms with Crippen molar-refractivity contribution in [2.75, 3.05) is 7.05 Å². The highest BCUT2D eigenvalue weighted by Crippen LogP contribution is 2.30. The van der Waals surface area contributed by atoms with Gasteiger partial charge in [0.1, 0.15) is 0 Å². The molecule has 0 saturated carbocycles. The molecule has 1 aliphatic heterocycles. The molecular formula is C18H21NO. The van der Waals surface area contributed by atoms with Gasteiger partial charge < -0.3 is 10.1 Å². The van der Waals surface area contributed by atoms with Gasteiger partial charge in [-0.2, -0.15) is 0 Å². The van der Waals surface area contributed by atoms with Crippen molar-refractivity contribution in [1.82, 2.24) is 5.32 Å². The Kier molecular flexibility index (Phi) is 3.60. The van der Waals surface area contributed by atoms with Crippen LogP contribution in [-0.4, -0.2) is 7.05 Å². The molecule has 1 unspecified atom stereocenters. The van der Waals surface area contributed by atoms with Gasteiger partial charge in [-0.25, -0.2) is 0 Å². The van der Waals surface area contributed by atoms with Crippen LogP contribution in [0.4, 0.5) is 0 Å². The molecule has 104 valence electrons. The van der Waals surface area contributed by atoms with Gasteiger partial charge in [0.25, 0.3) is 0 Å². The molecule has 0 fully saturated rings. The Morgan fingerprint density at radius 1 is 1.00 bits per heavy atom. The van der Waals surface area contributed by atoms with Crippen LogP contribution in [0.5, 0.6) is 0 Å². The average Bonchev–Trinajstić information content (AvgIpc) is 2.90. The largest absolute Gasteiger partial charge is 0.372 e. The van der Waals surface area contributed by atoms with Gasteiger partial charge in [-0.3, -0.25) is 0 Å². The van der Waals surface area contributed by atoms with Gasteiger partial charge in [-0.15, -0.1) is 0 Å². The molecule has 0 spiro atoms. The predicted octanol–water partition coefficient (Wildman–Crippen LogP) is 3.64. The quantitative estimate of drug-likeness (QED) is 0.916. The van der Waals surface area contributed by atoms with Crippen molar-refractivity contribution >= 4 is 0 Å². The molecule has 0 bridgehead atoms. The van der Waals surface area contributed by atoms with Crippen LogP contribution in [0.1, 0.15) is 39.4 Å². The first-order valence-corrected chi connectivity index (χ1v) is 7.13. The van der Waals surface area contributed by atoms with Crippen molar-refractivity contribution in [2.45, 2.75) is 33.1 Å². The van der Waals surface area contributed by atoms with E-state index in [0.29, 0.717) is 0 Å². The SMILES string of the molecule is CNC(c1ccc2c(c1)COC2)c1c(C)cccc1C. The highest BCUT2D eigenvalue weighted by molar-refractivity contribution is 5.44. The lowest BCUT2D eigenvalue weighted by molar-refractivity contribution is 0.134. The number of ether oxygens (including phenoxy) is 1. The molecule has 1 atom stereocenters. The first-order chi connectivity index (χ1) is 9.70. The molecule has 2 nitrogen and oxygen atoms in total. The normalized spacial score (nSPS) is 15.2. The van der Waals surface area contributed by atoms with Gasteiger partial charge in [-0.05, 0) is 54.3 Å². The second kappa shape index (κ2) is 5.39. The number of hydrogen-bond acceptors (Lipinski definition) is 2. The molecule has 0 aromatic heterocycles. The minimum absolute atomic E-state index is 0.238. The summed E-state index contributed by atoms with van der Waals surface area (Å²) < 4.78 is 5.52. The monoisotopic (exact) mass is 267 g/mol. The lowest BCUT2D eigenvalue weighted by Gasteiger charge is -2.22. The summed E-state index contributed by atoms with van der Waals surface area (Å²) in [6.07, 6.45) is 0. The lowest BCUT2D eigenvalue weighted by Crippen LogP contribution is -2.20. The zero-order valence-corrected chi connectivity index (χ0v) is 12.4. The molecule has 0 saturated heterocycles. The Morgan fingerprint density at radius 3 is 2.40 bits per heavy atom. The molecule has 2 aromatic carbocycles. The third-order valence-electron chi connectivity index (χ3n) is 4.20. The van der Waals surface area contributed by atoms with Crippen LogP contribution in [0, 0.1) is 13.8 Å². The Morgan fingerprint density at radius 2 is 1.70 bits per heavy atom. The van der Waals surface area contributed by atoms with Crippen molar-refractivity contribution < 1.29 is 4.74 Å². The maximum Gasteiger partial charge on any atom is 0.0725 e. The van der Waals surface area contributed by atoms with Gasteiger partial charge >= 0.3 is 0 Å². The van der Waals surface area contributed by atoms with Crippen LogP contribution in [-0.2, 0) is 18.0 Å². The van der Waals surface area contributed by atoms with E-state index in [4.69, 9.17) is 4.74 Å². The van der Waals surface area contributed by atoms with Crippen LogP contribution >= 0.6 is 0 Å². The summed E-state index contributed by atoms with van der Waals surface area (Å²) in [5.41, 5.74) is 8.02. The molecule has 1 aliphatic rings. The van der Waals surface area contributed by atoms with Crippen molar-refractivity contribution in [3.8, 4) is 0 Å². The molecule has 2 aromatic rings. The molecule has 2 heteroatoms. The minimum atomic E-state index is 0.238. The highest BCUT2D eigenvalue weighted by Gasteiger charge is 2.19. The smallest absolute Gasteiger partial charge is 0.0725 e. The summed E-state index contributed by atoms with van der Waals surface area (Å²) in [5, 5.41) is 3.47.